The van der Waals surface area contributed by atoms with Crippen molar-refractivity contribution < 1.29 is 10.2 Å². The van der Waals surface area contributed by atoms with Crippen LogP contribution >= 0.6 is 0 Å². The molecule has 0 atom stereocenters. The highest BCUT2D eigenvalue weighted by Crippen LogP contribution is 2.30. The van der Waals surface area contributed by atoms with Gasteiger partial charge >= 0.3 is 0 Å². The van der Waals surface area contributed by atoms with Gasteiger partial charge in [0.2, 0.25) is 11.9 Å². The van der Waals surface area contributed by atoms with E-state index in [4.69, 9.17) is 11.5 Å². The highest BCUT2D eigenvalue weighted by Gasteiger charge is 2.10. The van der Waals surface area contributed by atoms with E-state index < -0.39 is 0 Å². The van der Waals surface area contributed by atoms with Crippen LogP contribution in [-0.4, -0.2) is 25.2 Å². The number of nitrogens with zero attached hydrogens (tertiary/aromatic N) is 3. The largest absolute Gasteiger partial charge is 0.508 e. The quantitative estimate of drug-likeness (QED) is 0.500. The molecule has 0 saturated carbocycles. The van der Waals surface area contributed by atoms with E-state index >= 15 is 0 Å². The second kappa shape index (κ2) is 3.54. The van der Waals surface area contributed by atoms with Crippen molar-refractivity contribution in [1.82, 2.24) is 15.0 Å². The van der Waals surface area contributed by atoms with Crippen molar-refractivity contribution >= 4 is 11.9 Å². The van der Waals surface area contributed by atoms with Gasteiger partial charge in [0.25, 0.3) is 0 Å². The van der Waals surface area contributed by atoms with Crippen LogP contribution in [0.1, 0.15) is 0 Å². The molecule has 2 rings (SSSR count). The maximum Gasteiger partial charge on any atom is 0.225 e. The lowest BCUT2D eigenvalue weighted by atomic mass is 10.2. The first-order chi connectivity index (χ1) is 7.56. The van der Waals surface area contributed by atoms with Crippen LogP contribution < -0.4 is 11.5 Å². The first-order valence-corrected chi connectivity index (χ1v) is 4.35. The molecular weight excluding hydrogens is 210 g/mol. The first kappa shape index (κ1) is 9.97. The summed E-state index contributed by atoms with van der Waals surface area (Å²) in [5.74, 6) is -0.0953. The molecule has 1 heterocycles. The van der Waals surface area contributed by atoms with Crippen molar-refractivity contribution in [3.63, 3.8) is 0 Å². The monoisotopic (exact) mass is 219 g/mol. The molecule has 0 aliphatic carbocycles. The molecule has 2 aromatic rings. The van der Waals surface area contributed by atoms with Crippen LogP contribution in [0.4, 0.5) is 11.9 Å². The minimum Gasteiger partial charge on any atom is -0.508 e. The summed E-state index contributed by atoms with van der Waals surface area (Å²) < 4.78 is 0. The molecule has 0 bridgehead atoms. The number of nitrogens with two attached hydrogens (primary N) is 2. The lowest BCUT2D eigenvalue weighted by Crippen LogP contribution is -2.04. The molecule has 0 fully saturated rings. The van der Waals surface area contributed by atoms with E-state index in [0.29, 0.717) is 0 Å². The van der Waals surface area contributed by atoms with Crippen LogP contribution in [0.3, 0.4) is 0 Å². The Morgan fingerprint density at radius 2 is 1.56 bits per heavy atom. The van der Waals surface area contributed by atoms with Crippen molar-refractivity contribution in [1.29, 1.82) is 0 Å². The summed E-state index contributed by atoms with van der Waals surface area (Å²) >= 11 is 0. The third-order valence-corrected chi connectivity index (χ3v) is 1.89. The molecule has 1 aromatic heterocycles. The third kappa shape index (κ3) is 1.78. The summed E-state index contributed by atoms with van der Waals surface area (Å²) in [5, 5.41) is 18.9. The van der Waals surface area contributed by atoms with Gasteiger partial charge in [-0.25, -0.2) is 0 Å². The zero-order chi connectivity index (χ0) is 11.7. The molecule has 16 heavy (non-hydrogen) atoms. The van der Waals surface area contributed by atoms with Crippen LogP contribution in [-0.2, 0) is 0 Å². The van der Waals surface area contributed by atoms with Gasteiger partial charge in [0, 0.05) is 0 Å². The summed E-state index contributed by atoms with van der Waals surface area (Å²) in [7, 11) is 0. The van der Waals surface area contributed by atoms with Gasteiger partial charge in [-0.05, 0) is 18.2 Å². The normalized spacial score (nSPS) is 10.2. The number of benzene rings is 1. The van der Waals surface area contributed by atoms with E-state index in [9.17, 15) is 10.2 Å². The van der Waals surface area contributed by atoms with E-state index in [2.05, 4.69) is 15.0 Å². The van der Waals surface area contributed by atoms with Gasteiger partial charge in [-0.15, -0.1) is 0 Å². The van der Waals surface area contributed by atoms with E-state index in [-0.39, 0.29) is 34.8 Å². The van der Waals surface area contributed by atoms with Gasteiger partial charge in [-0.3, -0.25) is 0 Å². The van der Waals surface area contributed by atoms with Crippen LogP contribution in [0.25, 0.3) is 11.4 Å². The summed E-state index contributed by atoms with van der Waals surface area (Å²) in [6.45, 7) is 0. The fourth-order valence-electron chi connectivity index (χ4n) is 1.23. The predicted octanol–water partition coefficient (Wildman–Crippen LogP) is 0.114. The lowest BCUT2D eigenvalue weighted by Gasteiger charge is -2.04. The van der Waals surface area contributed by atoms with Gasteiger partial charge in [-0.2, -0.15) is 15.0 Å². The SMILES string of the molecule is Nc1nc(N)nc(-c2cc(O)ccc2O)n1. The molecule has 0 aliphatic heterocycles. The molecule has 1 aromatic carbocycles. The Labute approximate surface area is 90.4 Å². The number of phenols is 2. The minimum atomic E-state index is -0.0807. The summed E-state index contributed by atoms with van der Waals surface area (Å²) in [4.78, 5) is 11.2. The number of phenolic OH excluding ortho intramolecular Hbond substituents is 2. The molecule has 0 radical (unpaired) electrons. The average molecular weight is 219 g/mol. The van der Waals surface area contributed by atoms with Crippen LogP contribution in [0, 0.1) is 0 Å². The molecule has 0 aliphatic rings. The van der Waals surface area contributed by atoms with E-state index in [0.717, 1.165) is 0 Å². The number of nitrogen functional groups attached to an aromatic ring is 2. The molecule has 6 N–H and O–H groups in total. The fourth-order valence-corrected chi connectivity index (χ4v) is 1.23. The number of aromatic hydroxyl groups is 2. The highest BCUT2D eigenvalue weighted by molar-refractivity contribution is 5.66. The fraction of sp³-hybridized carbons (Fsp3) is 0. The van der Waals surface area contributed by atoms with E-state index in [1.165, 1.54) is 18.2 Å². The van der Waals surface area contributed by atoms with E-state index in [1.807, 2.05) is 0 Å². The molecule has 0 spiro atoms. The van der Waals surface area contributed by atoms with Gasteiger partial charge in [-0.1, -0.05) is 0 Å². The Hall–Kier alpha value is -2.57. The smallest absolute Gasteiger partial charge is 0.225 e. The van der Waals surface area contributed by atoms with Crippen molar-refractivity contribution in [3.8, 4) is 22.9 Å². The van der Waals surface area contributed by atoms with E-state index in [1.54, 1.807) is 0 Å². The number of anilines is 2. The maximum absolute atomic E-state index is 9.58. The van der Waals surface area contributed by atoms with Crippen LogP contribution in [0.2, 0.25) is 0 Å². The van der Waals surface area contributed by atoms with Gasteiger partial charge < -0.3 is 21.7 Å². The summed E-state index contributed by atoms with van der Waals surface area (Å²) in [6, 6.07) is 3.97. The van der Waals surface area contributed by atoms with Gasteiger partial charge in [0.05, 0.1) is 5.56 Å². The second-order valence-corrected chi connectivity index (χ2v) is 3.08. The van der Waals surface area contributed by atoms with Crippen molar-refractivity contribution in [3.05, 3.63) is 18.2 Å². The van der Waals surface area contributed by atoms with Crippen molar-refractivity contribution in [2.75, 3.05) is 11.5 Å². The maximum atomic E-state index is 9.58. The van der Waals surface area contributed by atoms with Gasteiger partial charge in [0.15, 0.2) is 5.82 Å². The molecule has 0 amide bonds. The Morgan fingerprint density at radius 1 is 0.938 bits per heavy atom. The molecule has 0 unspecified atom stereocenters. The zero-order valence-electron chi connectivity index (χ0n) is 8.12. The Morgan fingerprint density at radius 3 is 2.19 bits per heavy atom. The first-order valence-electron chi connectivity index (χ1n) is 4.35. The molecule has 7 nitrogen and oxygen atoms in total. The molecular formula is C9H9N5O2. The van der Waals surface area contributed by atoms with Crippen molar-refractivity contribution in [2.45, 2.75) is 0 Å². The number of rotatable bonds is 1. The third-order valence-electron chi connectivity index (χ3n) is 1.89. The molecule has 7 heteroatoms. The average Bonchev–Trinajstić information content (AvgIpc) is 2.20. The Kier molecular flexibility index (Phi) is 2.20. The predicted molar refractivity (Wildman–Crippen MR) is 57.4 cm³/mol. The topological polar surface area (TPSA) is 131 Å². The standard InChI is InChI=1S/C9H9N5O2/c10-8-12-7(13-9(11)14-8)5-3-4(15)1-2-6(5)16/h1-3,15-16H,(H4,10,11,12,13,14). The molecule has 0 saturated heterocycles. The number of hydrogen-bond acceptors (Lipinski definition) is 7. The lowest BCUT2D eigenvalue weighted by molar-refractivity contribution is 0.461. The van der Waals surface area contributed by atoms with Crippen LogP contribution in [0.15, 0.2) is 18.2 Å². The zero-order valence-corrected chi connectivity index (χ0v) is 8.12. The second-order valence-electron chi connectivity index (χ2n) is 3.08. The van der Waals surface area contributed by atoms with Crippen LogP contribution in [0.5, 0.6) is 11.5 Å². The molecule has 82 valence electrons. The Bertz CT molecular complexity index is 523. The van der Waals surface area contributed by atoms with Crippen molar-refractivity contribution in [2.24, 2.45) is 0 Å². The highest BCUT2D eigenvalue weighted by atomic mass is 16.3. The Balaban J connectivity index is 2.62. The van der Waals surface area contributed by atoms with Gasteiger partial charge in [0.1, 0.15) is 11.5 Å². The summed E-state index contributed by atoms with van der Waals surface area (Å²) in [5.41, 5.74) is 11.0. The minimum absolute atomic E-state index is 0.0228. The summed E-state index contributed by atoms with van der Waals surface area (Å²) in [6.07, 6.45) is 0. The number of aromatic nitrogens is 3. The number of hydrogen-bond donors (Lipinski definition) is 4.